The summed E-state index contributed by atoms with van der Waals surface area (Å²) < 4.78 is 58.8. The van der Waals surface area contributed by atoms with Gasteiger partial charge in [0.05, 0.1) is 11.4 Å². The summed E-state index contributed by atoms with van der Waals surface area (Å²) in [7, 11) is -3.88. The molecule has 152 valence electrons. The van der Waals surface area contributed by atoms with Gasteiger partial charge in [0.2, 0.25) is 21.8 Å². The maximum atomic E-state index is 13.4. The maximum Gasteiger partial charge on any atom is 0.247 e. The summed E-state index contributed by atoms with van der Waals surface area (Å²) in [6.45, 7) is 1.75. The van der Waals surface area contributed by atoms with Crippen LogP contribution >= 0.6 is 0 Å². The Morgan fingerprint density at radius 2 is 1.66 bits per heavy atom. The SMILES string of the molecule is O=S(=O)(c1ccc(F)c(F)c1)N1CCN(Cc2nnc(-c3ccccc3)o2)CC1. The van der Waals surface area contributed by atoms with Crippen LogP contribution in [0.15, 0.2) is 57.8 Å². The molecule has 0 aliphatic carbocycles. The average Bonchev–Trinajstić information content (AvgIpc) is 3.19. The van der Waals surface area contributed by atoms with Crippen molar-refractivity contribution in [2.75, 3.05) is 26.2 Å². The fourth-order valence-electron chi connectivity index (χ4n) is 3.12. The van der Waals surface area contributed by atoms with E-state index >= 15 is 0 Å². The van der Waals surface area contributed by atoms with E-state index in [-0.39, 0.29) is 18.0 Å². The lowest BCUT2D eigenvalue weighted by Crippen LogP contribution is -2.48. The number of nitrogens with zero attached hydrogens (tertiary/aromatic N) is 4. The van der Waals surface area contributed by atoms with Gasteiger partial charge < -0.3 is 4.42 Å². The number of halogens is 2. The maximum absolute atomic E-state index is 13.4. The molecular weight excluding hydrogens is 402 g/mol. The minimum Gasteiger partial charge on any atom is -0.419 e. The second-order valence-corrected chi connectivity index (χ2v) is 8.56. The number of sulfonamides is 1. The first-order valence-electron chi connectivity index (χ1n) is 8.99. The van der Waals surface area contributed by atoms with Gasteiger partial charge in [-0.3, -0.25) is 4.90 Å². The van der Waals surface area contributed by atoms with Crippen molar-refractivity contribution in [3.63, 3.8) is 0 Å². The van der Waals surface area contributed by atoms with Crippen LogP contribution in [0.25, 0.3) is 11.5 Å². The van der Waals surface area contributed by atoms with Crippen molar-refractivity contribution in [3.8, 4) is 11.5 Å². The van der Waals surface area contributed by atoms with Crippen LogP contribution in [0, 0.1) is 11.6 Å². The molecule has 1 aliphatic rings. The van der Waals surface area contributed by atoms with Crippen LogP contribution in [-0.4, -0.2) is 54.0 Å². The van der Waals surface area contributed by atoms with E-state index in [1.165, 1.54) is 4.31 Å². The Hall–Kier alpha value is -2.69. The highest BCUT2D eigenvalue weighted by molar-refractivity contribution is 7.89. The molecule has 3 aromatic rings. The molecule has 2 heterocycles. The van der Waals surface area contributed by atoms with Gasteiger partial charge in [-0.1, -0.05) is 18.2 Å². The number of aromatic nitrogens is 2. The monoisotopic (exact) mass is 420 g/mol. The van der Waals surface area contributed by atoms with Crippen LogP contribution in [-0.2, 0) is 16.6 Å². The number of rotatable bonds is 5. The van der Waals surface area contributed by atoms with Gasteiger partial charge >= 0.3 is 0 Å². The molecule has 0 atom stereocenters. The van der Waals surface area contributed by atoms with Crippen molar-refractivity contribution in [2.45, 2.75) is 11.4 Å². The minimum absolute atomic E-state index is 0.223. The zero-order chi connectivity index (χ0) is 20.4. The van der Waals surface area contributed by atoms with Gasteiger partial charge in [-0.15, -0.1) is 10.2 Å². The molecule has 0 saturated carbocycles. The first kappa shape index (κ1) is 19.6. The quantitative estimate of drug-likeness (QED) is 0.631. The fraction of sp³-hybridized carbons (Fsp3) is 0.263. The van der Waals surface area contributed by atoms with Crippen molar-refractivity contribution in [1.29, 1.82) is 0 Å². The van der Waals surface area contributed by atoms with Crippen LogP contribution in [0.2, 0.25) is 0 Å². The molecule has 1 saturated heterocycles. The fourth-order valence-corrected chi connectivity index (χ4v) is 4.56. The van der Waals surface area contributed by atoms with E-state index in [1.54, 1.807) is 0 Å². The summed E-state index contributed by atoms with van der Waals surface area (Å²) in [4.78, 5) is 1.74. The molecule has 29 heavy (non-hydrogen) atoms. The third kappa shape index (κ3) is 4.19. The predicted molar refractivity (Wildman–Crippen MR) is 100 cm³/mol. The molecule has 1 aliphatic heterocycles. The topological polar surface area (TPSA) is 79.5 Å². The van der Waals surface area contributed by atoms with Crippen LogP contribution in [0.4, 0.5) is 8.78 Å². The van der Waals surface area contributed by atoms with Gasteiger partial charge in [-0.05, 0) is 30.3 Å². The summed E-state index contributed by atoms with van der Waals surface area (Å²) >= 11 is 0. The van der Waals surface area contributed by atoms with Crippen LogP contribution < -0.4 is 0 Å². The van der Waals surface area contributed by atoms with Gasteiger partial charge in [0.15, 0.2) is 11.6 Å². The van der Waals surface area contributed by atoms with E-state index in [0.717, 1.165) is 17.7 Å². The lowest BCUT2D eigenvalue weighted by Gasteiger charge is -2.33. The summed E-state index contributed by atoms with van der Waals surface area (Å²) in [5, 5.41) is 8.10. The summed E-state index contributed by atoms with van der Waals surface area (Å²) in [5.41, 5.74) is 0.827. The Morgan fingerprint density at radius 3 is 2.34 bits per heavy atom. The van der Waals surface area contributed by atoms with Crippen LogP contribution in [0.1, 0.15) is 5.89 Å². The zero-order valence-electron chi connectivity index (χ0n) is 15.3. The van der Waals surface area contributed by atoms with Crippen molar-refractivity contribution in [3.05, 3.63) is 66.1 Å². The third-order valence-corrected chi connectivity index (χ3v) is 6.60. The molecule has 7 nitrogen and oxygen atoms in total. The minimum atomic E-state index is -3.88. The summed E-state index contributed by atoms with van der Waals surface area (Å²) in [5.74, 6) is -1.39. The summed E-state index contributed by atoms with van der Waals surface area (Å²) in [6.07, 6.45) is 0. The number of piperazine rings is 1. The highest BCUT2D eigenvalue weighted by atomic mass is 32.2. The highest BCUT2D eigenvalue weighted by Crippen LogP contribution is 2.21. The normalized spacial score (nSPS) is 16.2. The van der Waals surface area contributed by atoms with Crippen molar-refractivity contribution >= 4 is 10.0 Å². The van der Waals surface area contributed by atoms with Crippen molar-refractivity contribution in [2.24, 2.45) is 0 Å². The predicted octanol–water partition coefficient (Wildman–Crippen LogP) is 2.52. The van der Waals surface area contributed by atoms with E-state index in [4.69, 9.17) is 4.42 Å². The van der Waals surface area contributed by atoms with Gasteiger partial charge in [0.25, 0.3) is 0 Å². The number of hydrogen-bond acceptors (Lipinski definition) is 6. The largest absolute Gasteiger partial charge is 0.419 e. The Balaban J connectivity index is 1.38. The Bertz CT molecular complexity index is 1100. The third-order valence-electron chi connectivity index (χ3n) is 4.71. The Kier molecular flexibility index (Phi) is 5.39. The first-order valence-corrected chi connectivity index (χ1v) is 10.4. The summed E-state index contributed by atoms with van der Waals surface area (Å²) in [6, 6.07) is 12.0. The molecule has 10 heteroatoms. The molecule has 0 amide bonds. The molecule has 2 aromatic carbocycles. The van der Waals surface area contributed by atoms with E-state index in [1.807, 2.05) is 35.2 Å². The van der Waals surface area contributed by atoms with Crippen molar-refractivity contribution in [1.82, 2.24) is 19.4 Å². The van der Waals surface area contributed by atoms with E-state index < -0.39 is 21.7 Å². The average molecular weight is 420 g/mol. The molecule has 0 unspecified atom stereocenters. The zero-order valence-corrected chi connectivity index (χ0v) is 16.1. The number of hydrogen-bond donors (Lipinski definition) is 0. The van der Waals surface area contributed by atoms with Crippen LogP contribution in [0.5, 0.6) is 0 Å². The molecule has 0 spiro atoms. The molecule has 0 bridgehead atoms. The van der Waals surface area contributed by atoms with E-state index in [9.17, 15) is 17.2 Å². The smallest absolute Gasteiger partial charge is 0.247 e. The van der Waals surface area contributed by atoms with Gasteiger partial charge in [-0.25, -0.2) is 17.2 Å². The van der Waals surface area contributed by atoms with Gasteiger partial charge in [-0.2, -0.15) is 4.31 Å². The molecule has 1 fully saturated rings. The van der Waals surface area contributed by atoms with Gasteiger partial charge in [0.1, 0.15) is 0 Å². The number of benzene rings is 2. The second kappa shape index (κ2) is 7.97. The highest BCUT2D eigenvalue weighted by Gasteiger charge is 2.29. The van der Waals surface area contributed by atoms with Crippen LogP contribution in [0.3, 0.4) is 0 Å². The first-order chi connectivity index (χ1) is 13.9. The molecular formula is C19H18F2N4O3S. The van der Waals surface area contributed by atoms with Gasteiger partial charge in [0, 0.05) is 31.7 Å². The lowest BCUT2D eigenvalue weighted by atomic mass is 10.2. The van der Waals surface area contributed by atoms with E-state index in [0.29, 0.717) is 37.5 Å². The molecule has 4 rings (SSSR count). The standard InChI is InChI=1S/C19H18F2N4O3S/c20-16-7-6-15(12-17(16)21)29(26,27)25-10-8-24(9-11-25)13-18-22-23-19(28-18)14-4-2-1-3-5-14/h1-7,12H,8-11,13H2. The second-order valence-electron chi connectivity index (χ2n) is 6.62. The lowest BCUT2D eigenvalue weighted by molar-refractivity contribution is 0.168. The van der Waals surface area contributed by atoms with E-state index in [2.05, 4.69) is 10.2 Å². The molecule has 0 N–H and O–H groups in total. The Labute approximate surface area is 166 Å². The Morgan fingerprint density at radius 1 is 0.931 bits per heavy atom. The molecule has 0 radical (unpaired) electrons. The molecule has 1 aromatic heterocycles. The van der Waals surface area contributed by atoms with Crippen molar-refractivity contribution < 1.29 is 21.6 Å².